The molecule has 19 heavy (non-hydrogen) atoms. The third kappa shape index (κ3) is 4.35. The normalized spacial score (nSPS) is 11.4. The van der Waals surface area contributed by atoms with Crippen molar-refractivity contribution in [3.63, 3.8) is 0 Å². The zero-order valence-corrected chi connectivity index (χ0v) is 12.6. The van der Waals surface area contributed by atoms with Crippen LogP contribution >= 0.6 is 0 Å². The first-order valence-corrected chi connectivity index (χ1v) is 7.00. The molecule has 0 bridgehead atoms. The molecule has 0 fully saturated rings. The van der Waals surface area contributed by atoms with Gasteiger partial charge in [-0.2, -0.15) is 0 Å². The van der Waals surface area contributed by atoms with Gasteiger partial charge in [0, 0.05) is 18.7 Å². The maximum absolute atomic E-state index is 12.3. The molecule has 0 aliphatic heterocycles. The number of benzene rings is 1. The van der Waals surface area contributed by atoms with Crippen molar-refractivity contribution in [1.29, 1.82) is 0 Å². The highest BCUT2D eigenvalue weighted by atomic mass is 16.2. The molecule has 0 heterocycles. The van der Waals surface area contributed by atoms with Crippen LogP contribution in [-0.4, -0.2) is 30.4 Å². The van der Waals surface area contributed by atoms with E-state index in [9.17, 15) is 4.79 Å². The maximum atomic E-state index is 12.3. The Labute approximate surface area is 116 Å². The summed E-state index contributed by atoms with van der Waals surface area (Å²) in [6.45, 7) is 10.6. The number of rotatable bonds is 5. The summed E-state index contributed by atoms with van der Waals surface area (Å²) < 4.78 is 0. The van der Waals surface area contributed by atoms with Gasteiger partial charge in [-0.15, -0.1) is 0 Å². The van der Waals surface area contributed by atoms with Crippen molar-refractivity contribution in [2.24, 2.45) is 5.73 Å². The highest BCUT2D eigenvalue weighted by molar-refractivity contribution is 5.94. The molecule has 0 atom stereocenters. The van der Waals surface area contributed by atoms with Gasteiger partial charge in [0.05, 0.1) is 0 Å². The van der Waals surface area contributed by atoms with Gasteiger partial charge in [-0.25, -0.2) is 0 Å². The lowest BCUT2D eigenvalue weighted by molar-refractivity contribution is 0.0763. The Bertz CT molecular complexity index is 404. The van der Waals surface area contributed by atoms with E-state index in [-0.39, 0.29) is 11.3 Å². The van der Waals surface area contributed by atoms with Gasteiger partial charge in [0.15, 0.2) is 0 Å². The number of nitrogens with zero attached hydrogens (tertiary/aromatic N) is 1. The average molecular weight is 262 g/mol. The Morgan fingerprint density at radius 2 is 1.79 bits per heavy atom. The second-order valence-corrected chi connectivity index (χ2v) is 5.85. The Morgan fingerprint density at radius 3 is 2.21 bits per heavy atom. The summed E-state index contributed by atoms with van der Waals surface area (Å²) in [5.74, 6) is 0.0939. The van der Waals surface area contributed by atoms with E-state index >= 15 is 0 Å². The molecule has 106 valence electrons. The van der Waals surface area contributed by atoms with Gasteiger partial charge in [0.1, 0.15) is 0 Å². The molecule has 1 aromatic carbocycles. The summed E-state index contributed by atoms with van der Waals surface area (Å²) in [4.78, 5) is 14.2. The van der Waals surface area contributed by atoms with E-state index in [1.54, 1.807) is 0 Å². The van der Waals surface area contributed by atoms with Crippen molar-refractivity contribution in [3.8, 4) is 0 Å². The molecular weight excluding hydrogens is 236 g/mol. The van der Waals surface area contributed by atoms with Crippen molar-refractivity contribution >= 4 is 5.91 Å². The molecule has 0 radical (unpaired) electrons. The standard InChI is InChI=1S/C16H26N2O/c1-5-18(12-6-11-17)15(19)13-7-9-14(10-8-13)16(2,3)4/h7-10H,5-6,11-12,17H2,1-4H3. The van der Waals surface area contributed by atoms with Gasteiger partial charge in [-0.05, 0) is 43.0 Å². The van der Waals surface area contributed by atoms with Crippen LogP contribution in [-0.2, 0) is 5.41 Å². The molecule has 0 saturated heterocycles. The molecule has 1 rings (SSSR count). The minimum Gasteiger partial charge on any atom is -0.339 e. The van der Waals surface area contributed by atoms with Crippen LogP contribution in [0.25, 0.3) is 0 Å². The number of nitrogens with two attached hydrogens (primary N) is 1. The summed E-state index contributed by atoms with van der Waals surface area (Å²) in [6, 6.07) is 7.94. The van der Waals surface area contributed by atoms with Gasteiger partial charge in [0.25, 0.3) is 5.91 Å². The largest absolute Gasteiger partial charge is 0.339 e. The smallest absolute Gasteiger partial charge is 0.253 e. The van der Waals surface area contributed by atoms with Crippen molar-refractivity contribution < 1.29 is 4.79 Å². The number of carbonyl (C=O) groups is 1. The van der Waals surface area contributed by atoms with E-state index in [1.165, 1.54) is 5.56 Å². The zero-order chi connectivity index (χ0) is 14.5. The fourth-order valence-corrected chi connectivity index (χ4v) is 1.98. The van der Waals surface area contributed by atoms with Crippen LogP contribution in [0.15, 0.2) is 24.3 Å². The quantitative estimate of drug-likeness (QED) is 0.887. The SMILES string of the molecule is CCN(CCCN)C(=O)c1ccc(C(C)(C)C)cc1. The first-order chi connectivity index (χ1) is 8.90. The summed E-state index contributed by atoms with van der Waals surface area (Å²) in [5, 5.41) is 0. The Hall–Kier alpha value is -1.35. The monoisotopic (exact) mass is 262 g/mol. The summed E-state index contributed by atoms with van der Waals surface area (Å²) in [7, 11) is 0. The van der Waals surface area contributed by atoms with Crippen molar-refractivity contribution in [2.75, 3.05) is 19.6 Å². The van der Waals surface area contributed by atoms with E-state index in [0.29, 0.717) is 6.54 Å². The summed E-state index contributed by atoms with van der Waals surface area (Å²) >= 11 is 0. The van der Waals surface area contributed by atoms with Crippen LogP contribution in [0.5, 0.6) is 0 Å². The minimum atomic E-state index is 0.0939. The van der Waals surface area contributed by atoms with E-state index in [2.05, 4.69) is 20.8 Å². The first-order valence-electron chi connectivity index (χ1n) is 7.00. The topological polar surface area (TPSA) is 46.3 Å². The fraction of sp³-hybridized carbons (Fsp3) is 0.562. The predicted octanol–water partition coefficient (Wildman–Crippen LogP) is 2.80. The molecule has 0 aliphatic carbocycles. The molecule has 0 aromatic heterocycles. The van der Waals surface area contributed by atoms with Gasteiger partial charge in [-0.3, -0.25) is 4.79 Å². The number of carbonyl (C=O) groups excluding carboxylic acids is 1. The molecule has 0 spiro atoms. The minimum absolute atomic E-state index is 0.0939. The van der Waals surface area contributed by atoms with Gasteiger partial charge in [-0.1, -0.05) is 32.9 Å². The molecule has 2 N–H and O–H groups in total. The highest BCUT2D eigenvalue weighted by Gasteiger charge is 2.16. The van der Waals surface area contributed by atoms with Crippen LogP contribution in [0.1, 0.15) is 50.0 Å². The van der Waals surface area contributed by atoms with Crippen LogP contribution in [0.2, 0.25) is 0 Å². The third-order valence-electron chi connectivity index (χ3n) is 3.30. The molecule has 1 aromatic rings. The molecule has 0 aliphatic rings. The van der Waals surface area contributed by atoms with Gasteiger partial charge < -0.3 is 10.6 Å². The fourth-order valence-electron chi connectivity index (χ4n) is 1.98. The van der Waals surface area contributed by atoms with Crippen LogP contribution < -0.4 is 5.73 Å². The zero-order valence-electron chi connectivity index (χ0n) is 12.6. The van der Waals surface area contributed by atoms with Crippen molar-refractivity contribution in [3.05, 3.63) is 35.4 Å². The number of hydrogen-bond donors (Lipinski definition) is 1. The highest BCUT2D eigenvalue weighted by Crippen LogP contribution is 2.22. The Kier molecular flexibility index (Phi) is 5.55. The average Bonchev–Trinajstić information content (AvgIpc) is 2.38. The molecule has 1 amide bonds. The van der Waals surface area contributed by atoms with E-state index < -0.39 is 0 Å². The van der Waals surface area contributed by atoms with Crippen molar-refractivity contribution in [2.45, 2.75) is 39.5 Å². The Balaban J connectivity index is 2.82. The Morgan fingerprint density at radius 1 is 1.21 bits per heavy atom. The third-order valence-corrected chi connectivity index (χ3v) is 3.30. The van der Waals surface area contributed by atoms with Crippen LogP contribution in [0.3, 0.4) is 0 Å². The van der Waals surface area contributed by atoms with Crippen LogP contribution in [0.4, 0.5) is 0 Å². The molecular formula is C16H26N2O. The summed E-state index contributed by atoms with van der Waals surface area (Å²) in [6.07, 6.45) is 0.847. The molecule has 3 heteroatoms. The molecule has 3 nitrogen and oxygen atoms in total. The predicted molar refractivity (Wildman–Crippen MR) is 80.4 cm³/mol. The summed E-state index contributed by atoms with van der Waals surface area (Å²) in [5.41, 5.74) is 7.62. The van der Waals surface area contributed by atoms with E-state index in [1.807, 2.05) is 36.1 Å². The number of amides is 1. The van der Waals surface area contributed by atoms with Crippen molar-refractivity contribution in [1.82, 2.24) is 4.90 Å². The second-order valence-electron chi connectivity index (χ2n) is 5.85. The van der Waals surface area contributed by atoms with Gasteiger partial charge in [0.2, 0.25) is 0 Å². The number of hydrogen-bond acceptors (Lipinski definition) is 2. The van der Waals surface area contributed by atoms with E-state index in [4.69, 9.17) is 5.73 Å². The van der Waals surface area contributed by atoms with Crippen LogP contribution in [0, 0.1) is 0 Å². The van der Waals surface area contributed by atoms with E-state index in [0.717, 1.165) is 25.1 Å². The lowest BCUT2D eigenvalue weighted by Crippen LogP contribution is -2.32. The second kappa shape index (κ2) is 6.71. The molecule has 0 unspecified atom stereocenters. The first kappa shape index (κ1) is 15.7. The van der Waals surface area contributed by atoms with Gasteiger partial charge >= 0.3 is 0 Å². The molecule has 0 saturated carbocycles. The lowest BCUT2D eigenvalue weighted by Gasteiger charge is -2.22. The maximum Gasteiger partial charge on any atom is 0.253 e. The lowest BCUT2D eigenvalue weighted by atomic mass is 9.86.